The van der Waals surface area contributed by atoms with Gasteiger partial charge in [0.1, 0.15) is 11.6 Å². The summed E-state index contributed by atoms with van der Waals surface area (Å²) in [5, 5.41) is 5.75. The number of hydrogen-bond acceptors (Lipinski definition) is 3. The summed E-state index contributed by atoms with van der Waals surface area (Å²) in [6.45, 7) is 0.705. The van der Waals surface area contributed by atoms with Crippen LogP contribution in [0, 0.1) is 17.2 Å². The number of anilines is 1. The first-order valence-electron chi connectivity index (χ1n) is 6.76. The molecule has 2 N–H and O–H groups in total. The summed E-state index contributed by atoms with van der Waals surface area (Å²) in [5.41, 5.74) is 0.616. The number of nitrogens with zero attached hydrogens (tertiary/aromatic N) is 1. The average molecular weight is 263 g/mol. The molecule has 0 unspecified atom stereocenters. The summed E-state index contributed by atoms with van der Waals surface area (Å²) in [4.78, 5) is 16.0. The van der Waals surface area contributed by atoms with E-state index < -0.39 is 5.82 Å². The number of carbonyl (C=O) groups excluding carboxylic acids is 1. The number of carbonyl (C=O) groups is 1. The minimum absolute atomic E-state index is 0.247. The molecule has 0 aliphatic heterocycles. The fourth-order valence-electron chi connectivity index (χ4n) is 2.75. The highest BCUT2D eigenvalue weighted by atomic mass is 19.1. The van der Waals surface area contributed by atoms with E-state index in [0.717, 1.165) is 12.1 Å². The van der Waals surface area contributed by atoms with Crippen LogP contribution in [0.2, 0.25) is 0 Å². The van der Waals surface area contributed by atoms with Gasteiger partial charge in [0.15, 0.2) is 0 Å². The monoisotopic (exact) mass is 263 g/mol. The summed E-state index contributed by atoms with van der Waals surface area (Å²) in [5.74, 6) is 0.466. The lowest BCUT2D eigenvalue weighted by atomic mass is 10.0. The standard InChI is InChI=1S/C14H18FN3O/c1-16-12-11(6-10(15)7-17-12)13(19)18-8-14(4-5-14)9-2-3-9/h6-7,9H,2-5,8H2,1H3,(H,16,17)(H,18,19). The molecule has 0 bridgehead atoms. The van der Waals surface area contributed by atoms with Gasteiger partial charge in [-0.05, 0) is 43.1 Å². The van der Waals surface area contributed by atoms with Gasteiger partial charge in [0.25, 0.3) is 5.91 Å². The number of hydrogen-bond donors (Lipinski definition) is 2. The molecule has 2 fully saturated rings. The van der Waals surface area contributed by atoms with E-state index in [1.807, 2.05) is 0 Å². The van der Waals surface area contributed by atoms with Gasteiger partial charge in [0.2, 0.25) is 0 Å². The van der Waals surface area contributed by atoms with Gasteiger partial charge in [-0.1, -0.05) is 0 Å². The minimum atomic E-state index is -0.493. The lowest BCUT2D eigenvalue weighted by Gasteiger charge is -2.15. The zero-order valence-corrected chi connectivity index (χ0v) is 11.0. The largest absolute Gasteiger partial charge is 0.372 e. The first kappa shape index (κ1) is 12.4. The van der Waals surface area contributed by atoms with Gasteiger partial charge in [-0.2, -0.15) is 0 Å². The van der Waals surface area contributed by atoms with E-state index >= 15 is 0 Å². The molecule has 102 valence electrons. The van der Waals surface area contributed by atoms with Gasteiger partial charge < -0.3 is 10.6 Å². The Kier molecular flexibility index (Phi) is 2.92. The number of pyridine rings is 1. The van der Waals surface area contributed by atoms with Crippen molar-refractivity contribution in [2.75, 3.05) is 18.9 Å². The summed E-state index contributed by atoms with van der Waals surface area (Å²) in [6.07, 6.45) is 6.10. The number of halogens is 1. The van der Waals surface area contributed by atoms with Crippen molar-refractivity contribution in [1.29, 1.82) is 0 Å². The van der Waals surface area contributed by atoms with Crippen molar-refractivity contribution in [3.8, 4) is 0 Å². The number of nitrogens with one attached hydrogen (secondary N) is 2. The zero-order chi connectivity index (χ0) is 13.5. The Morgan fingerprint density at radius 2 is 2.26 bits per heavy atom. The fourth-order valence-corrected chi connectivity index (χ4v) is 2.75. The summed E-state index contributed by atoms with van der Waals surface area (Å²) in [7, 11) is 1.67. The summed E-state index contributed by atoms with van der Waals surface area (Å²) in [6, 6.07) is 1.23. The molecule has 1 heterocycles. The Labute approximate surface area is 111 Å². The minimum Gasteiger partial charge on any atom is -0.372 e. The number of amides is 1. The molecular formula is C14H18FN3O. The van der Waals surface area contributed by atoms with E-state index in [4.69, 9.17) is 0 Å². The van der Waals surface area contributed by atoms with Crippen LogP contribution < -0.4 is 10.6 Å². The summed E-state index contributed by atoms with van der Waals surface area (Å²) < 4.78 is 13.2. The number of rotatable bonds is 5. The van der Waals surface area contributed by atoms with Gasteiger partial charge in [-0.25, -0.2) is 9.37 Å². The molecule has 0 atom stereocenters. The molecular weight excluding hydrogens is 245 g/mol. The Hall–Kier alpha value is -1.65. The normalized spacial score (nSPS) is 19.9. The van der Waals surface area contributed by atoms with Crippen LogP contribution in [0.1, 0.15) is 36.0 Å². The predicted molar refractivity (Wildman–Crippen MR) is 70.5 cm³/mol. The Bertz CT molecular complexity index is 509. The molecule has 1 amide bonds. The van der Waals surface area contributed by atoms with Crippen molar-refractivity contribution < 1.29 is 9.18 Å². The lowest BCUT2D eigenvalue weighted by Crippen LogP contribution is -2.31. The molecule has 3 rings (SSSR count). The van der Waals surface area contributed by atoms with E-state index in [2.05, 4.69) is 15.6 Å². The molecule has 0 aromatic carbocycles. The van der Waals surface area contributed by atoms with Gasteiger partial charge in [0, 0.05) is 13.6 Å². The van der Waals surface area contributed by atoms with Gasteiger partial charge in [0.05, 0.1) is 11.8 Å². The third-order valence-corrected chi connectivity index (χ3v) is 4.27. The SMILES string of the molecule is CNc1ncc(F)cc1C(=O)NCC1(C2CC2)CC1. The second-order valence-electron chi connectivity index (χ2n) is 5.62. The highest BCUT2D eigenvalue weighted by Crippen LogP contribution is 2.60. The fraction of sp³-hybridized carbons (Fsp3) is 0.571. The molecule has 0 saturated heterocycles. The molecule has 1 aromatic heterocycles. The van der Waals surface area contributed by atoms with Crippen LogP contribution in [0.5, 0.6) is 0 Å². The van der Waals surface area contributed by atoms with Crippen molar-refractivity contribution in [3.63, 3.8) is 0 Å². The van der Waals surface area contributed by atoms with Crippen LogP contribution in [-0.4, -0.2) is 24.5 Å². The second kappa shape index (κ2) is 4.47. The van der Waals surface area contributed by atoms with Gasteiger partial charge >= 0.3 is 0 Å². The van der Waals surface area contributed by atoms with Crippen molar-refractivity contribution in [1.82, 2.24) is 10.3 Å². The Balaban J connectivity index is 1.68. The van der Waals surface area contributed by atoms with Crippen molar-refractivity contribution in [3.05, 3.63) is 23.6 Å². The van der Waals surface area contributed by atoms with Crippen LogP contribution in [0.4, 0.5) is 10.2 Å². The van der Waals surface area contributed by atoms with E-state index in [1.165, 1.54) is 31.7 Å². The van der Waals surface area contributed by atoms with Crippen LogP contribution >= 0.6 is 0 Å². The first-order chi connectivity index (χ1) is 9.14. The van der Waals surface area contributed by atoms with Gasteiger partial charge in [-0.3, -0.25) is 4.79 Å². The average Bonchev–Trinajstić information content (AvgIpc) is 3.28. The number of aromatic nitrogens is 1. The van der Waals surface area contributed by atoms with Crippen molar-refractivity contribution >= 4 is 11.7 Å². The first-order valence-corrected chi connectivity index (χ1v) is 6.76. The van der Waals surface area contributed by atoms with E-state index in [-0.39, 0.29) is 11.5 Å². The molecule has 0 spiro atoms. The predicted octanol–water partition coefficient (Wildman–Crippen LogP) is 2.18. The van der Waals surface area contributed by atoms with Gasteiger partial charge in [-0.15, -0.1) is 0 Å². The van der Waals surface area contributed by atoms with Crippen LogP contribution in [0.3, 0.4) is 0 Å². The zero-order valence-electron chi connectivity index (χ0n) is 11.0. The third-order valence-electron chi connectivity index (χ3n) is 4.27. The topological polar surface area (TPSA) is 54.0 Å². The van der Waals surface area contributed by atoms with Crippen LogP contribution in [-0.2, 0) is 0 Å². The quantitative estimate of drug-likeness (QED) is 0.856. The van der Waals surface area contributed by atoms with E-state index in [1.54, 1.807) is 7.05 Å². The Morgan fingerprint density at radius 1 is 1.53 bits per heavy atom. The highest BCUT2D eigenvalue weighted by molar-refractivity contribution is 5.98. The smallest absolute Gasteiger partial charge is 0.255 e. The molecule has 5 heteroatoms. The lowest BCUT2D eigenvalue weighted by molar-refractivity contribution is 0.0942. The third kappa shape index (κ3) is 2.41. The maximum Gasteiger partial charge on any atom is 0.255 e. The van der Waals surface area contributed by atoms with Crippen LogP contribution in [0.25, 0.3) is 0 Å². The molecule has 1 aromatic rings. The molecule has 4 nitrogen and oxygen atoms in total. The maximum atomic E-state index is 13.2. The molecule has 2 saturated carbocycles. The van der Waals surface area contributed by atoms with Crippen LogP contribution in [0.15, 0.2) is 12.3 Å². The summed E-state index contributed by atoms with van der Waals surface area (Å²) >= 11 is 0. The highest BCUT2D eigenvalue weighted by Gasteiger charge is 2.53. The molecule has 2 aliphatic rings. The maximum absolute atomic E-state index is 13.2. The van der Waals surface area contributed by atoms with E-state index in [0.29, 0.717) is 17.8 Å². The van der Waals surface area contributed by atoms with Crippen molar-refractivity contribution in [2.45, 2.75) is 25.7 Å². The molecule has 19 heavy (non-hydrogen) atoms. The molecule has 0 radical (unpaired) electrons. The molecule has 2 aliphatic carbocycles. The second-order valence-corrected chi connectivity index (χ2v) is 5.62. The van der Waals surface area contributed by atoms with E-state index in [9.17, 15) is 9.18 Å². The van der Waals surface area contributed by atoms with Crippen molar-refractivity contribution in [2.24, 2.45) is 11.3 Å². The Morgan fingerprint density at radius 3 is 2.84 bits per heavy atom.